The van der Waals surface area contributed by atoms with Crippen molar-refractivity contribution >= 4 is 24.0 Å². The second-order valence-electron chi connectivity index (χ2n) is 6.43. The molecule has 0 aliphatic carbocycles. The first-order valence-electron chi connectivity index (χ1n) is 7.60. The molecule has 0 radical (unpaired) electrons. The molecule has 2 aliphatic heterocycles. The molecule has 124 valence electrons. The molecule has 2 N–H and O–H groups in total. The molecule has 2 aliphatic rings. The van der Waals surface area contributed by atoms with E-state index in [0.717, 1.165) is 44.8 Å². The maximum Gasteiger partial charge on any atom is 0.179 e. The highest BCUT2D eigenvalue weighted by Crippen LogP contribution is 2.39. The standard InChI is InChI=1S/C16H23ClN2O2.ClH/c1-16(10-18)3-4-19(11-16)9-12-7-13(17)15-14(8-12)20-5-2-6-21-15;/h7-8H,2-6,9-11,18H2,1H3;1H. The minimum atomic E-state index is 0. The summed E-state index contributed by atoms with van der Waals surface area (Å²) in [6.07, 6.45) is 2.04. The van der Waals surface area contributed by atoms with Crippen LogP contribution in [-0.4, -0.2) is 37.7 Å². The Morgan fingerprint density at radius 2 is 2.09 bits per heavy atom. The van der Waals surface area contributed by atoms with Crippen molar-refractivity contribution in [1.82, 2.24) is 4.90 Å². The van der Waals surface area contributed by atoms with Gasteiger partial charge < -0.3 is 15.2 Å². The smallest absolute Gasteiger partial charge is 0.179 e. The molecular formula is C16H24Cl2N2O2. The second-order valence-corrected chi connectivity index (χ2v) is 6.84. The van der Waals surface area contributed by atoms with Gasteiger partial charge in [-0.3, -0.25) is 4.90 Å². The summed E-state index contributed by atoms with van der Waals surface area (Å²) in [5, 5.41) is 0.644. The SMILES string of the molecule is CC1(CN)CCN(Cc2cc(Cl)c3c(c2)OCCCO3)C1.Cl. The molecule has 2 heterocycles. The van der Waals surface area contributed by atoms with E-state index in [0.29, 0.717) is 24.0 Å². The van der Waals surface area contributed by atoms with E-state index >= 15 is 0 Å². The van der Waals surface area contributed by atoms with E-state index < -0.39 is 0 Å². The highest BCUT2D eigenvalue weighted by molar-refractivity contribution is 6.32. The van der Waals surface area contributed by atoms with Crippen molar-refractivity contribution in [2.24, 2.45) is 11.1 Å². The highest BCUT2D eigenvalue weighted by Gasteiger charge is 2.32. The Bertz CT molecular complexity index is 527. The molecule has 6 heteroatoms. The molecule has 0 saturated carbocycles. The third kappa shape index (κ3) is 3.80. The van der Waals surface area contributed by atoms with Crippen LogP contribution in [0.5, 0.6) is 11.5 Å². The van der Waals surface area contributed by atoms with Crippen molar-refractivity contribution in [3.8, 4) is 11.5 Å². The molecule has 0 aromatic heterocycles. The van der Waals surface area contributed by atoms with Crippen molar-refractivity contribution in [3.05, 3.63) is 22.7 Å². The van der Waals surface area contributed by atoms with Crippen molar-refractivity contribution < 1.29 is 9.47 Å². The van der Waals surface area contributed by atoms with Gasteiger partial charge in [-0.2, -0.15) is 0 Å². The van der Waals surface area contributed by atoms with Crippen LogP contribution in [0, 0.1) is 5.41 Å². The van der Waals surface area contributed by atoms with Crippen LogP contribution >= 0.6 is 24.0 Å². The zero-order chi connectivity index (χ0) is 14.9. The summed E-state index contributed by atoms with van der Waals surface area (Å²) in [6, 6.07) is 4.05. The molecule has 0 bridgehead atoms. The van der Waals surface area contributed by atoms with E-state index in [4.69, 9.17) is 26.8 Å². The number of hydrogen-bond acceptors (Lipinski definition) is 4. The van der Waals surface area contributed by atoms with Gasteiger partial charge in [0.05, 0.1) is 18.2 Å². The van der Waals surface area contributed by atoms with E-state index in [2.05, 4.69) is 17.9 Å². The molecule has 0 spiro atoms. The van der Waals surface area contributed by atoms with Gasteiger partial charge >= 0.3 is 0 Å². The molecule has 4 nitrogen and oxygen atoms in total. The quantitative estimate of drug-likeness (QED) is 0.913. The number of benzene rings is 1. The number of likely N-dealkylation sites (tertiary alicyclic amines) is 1. The molecule has 3 rings (SSSR count). The second kappa shape index (κ2) is 7.26. The summed E-state index contributed by atoms with van der Waals surface area (Å²) in [7, 11) is 0. The Morgan fingerprint density at radius 1 is 1.32 bits per heavy atom. The molecule has 22 heavy (non-hydrogen) atoms. The van der Waals surface area contributed by atoms with Gasteiger partial charge in [-0.05, 0) is 42.6 Å². The average Bonchev–Trinajstić information content (AvgIpc) is 2.68. The lowest BCUT2D eigenvalue weighted by Crippen LogP contribution is -2.31. The van der Waals surface area contributed by atoms with Gasteiger partial charge in [0.25, 0.3) is 0 Å². The molecule has 1 saturated heterocycles. The Morgan fingerprint density at radius 3 is 2.82 bits per heavy atom. The van der Waals surface area contributed by atoms with E-state index in [1.165, 1.54) is 5.56 Å². The third-order valence-electron chi connectivity index (χ3n) is 4.40. The van der Waals surface area contributed by atoms with Crippen LogP contribution in [0.15, 0.2) is 12.1 Å². The van der Waals surface area contributed by atoms with Gasteiger partial charge in [-0.1, -0.05) is 18.5 Å². The van der Waals surface area contributed by atoms with Crippen LogP contribution in [0.3, 0.4) is 0 Å². The first-order valence-corrected chi connectivity index (χ1v) is 7.98. The zero-order valence-corrected chi connectivity index (χ0v) is 14.5. The van der Waals surface area contributed by atoms with Crippen molar-refractivity contribution in [2.75, 3.05) is 32.8 Å². The molecule has 1 unspecified atom stereocenters. The number of nitrogens with two attached hydrogens (primary N) is 1. The summed E-state index contributed by atoms with van der Waals surface area (Å²) in [4.78, 5) is 2.43. The minimum absolute atomic E-state index is 0. The zero-order valence-electron chi connectivity index (χ0n) is 12.9. The maximum atomic E-state index is 6.35. The Labute approximate surface area is 143 Å². The maximum absolute atomic E-state index is 6.35. The number of hydrogen-bond donors (Lipinski definition) is 1. The average molecular weight is 347 g/mol. The lowest BCUT2D eigenvalue weighted by molar-refractivity contribution is 0.273. The third-order valence-corrected chi connectivity index (χ3v) is 4.68. The largest absolute Gasteiger partial charge is 0.489 e. The molecule has 0 amide bonds. The van der Waals surface area contributed by atoms with Gasteiger partial charge in [0.15, 0.2) is 11.5 Å². The molecule has 1 aromatic rings. The van der Waals surface area contributed by atoms with Crippen molar-refractivity contribution in [2.45, 2.75) is 26.3 Å². The van der Waals surface area contributed by atoms with Crippen LogP contribution in [0.2, 0.25) is 5.02 Å². The van der Waals surface area contributed by atoms with Crippen LogP contribution in [0.25, 0.3) is 0 Å². The summed E-state index contributed by atoms with van der Waals surface area (Å²) >= 11 is 6.35. The fraction of sp³-hybridized carbons (Fsp3) is 0.625. The fourth-order valence-corrected chi connectivity index (χ4v) is 3.35. The van der Waals surface area contributed by atoms with Crippen molar-refractivity contribution in [3.63, 3.8) is 0 Å². The predicted molar refractivity (Wildman–Crippen MR) is 91.4 cm³/mol. The van der Waals surface area contributed by atoms with Gasteiger partial charge in [0, 0.05) is 19.5 Å². The van der Waals surface area contributed by atoms with Crippen molar-refractivity contribution in [1.29, 1.82) is 0 Å². The van der Waals surface area contributed by atoms with Crippen LogP contribution in [0.4, 0.5) is 0 Å². The summed E-state index contributed by atoms with van der Waals surface area (Å²) in [5.74, 6) is 1.46. The number of halogens is 2. The predicted octanol–water partition coefficient (Wildman–Crippen LogP) is 3.09. The Balaban J connectivity index is 0.00000176. The Kier molecular flexibility index (Phi) is 5.83. The van der Waals surface area contributed by atoms with Crippen LogP contribution < -0.4 is 15.2 Å². The van der Waals surface area contributed by atoms with Gasteiger partial charge in [-0.15, -0.1) is 12.4 Å². The first kappa shape index (κ1) is 17.7. The van der Waals surface area contributed by atoms with E-state index in [1.807, 2.05) is 6.07 Å². The molecular weight excluding hydrogens is 323 g/mol. The number of fused-ring (bicyclic) bond motifs is 1. The molecule has 1 fully saturated rings. The number of rotatable bonds is 3. The normalized spacial score (nSPS) is 24.7. The highest BCUT2D eigenvalue weighted by atomic mass is 35.5. The van der Waals surface area contributed by atoms with Gasteiger partial charge in [-0.25, -0.2) is 0 Å². The van der Waals surface area contributed by atoms with Crippen LogP contribution in [-0.2, 0) is 6.54 Å². The van der Waals surface area contributed by atoms with Gasteiger partial charge in [0.1, 0.15) is 0 Å². The monoisotopic (exact) mass is 346 g/mol. The molecule has 1 atom stereocenters. The summed E-state index contributed by atoms with van der Waals surface area (Å²) in [6.45, 7) is 7.34. The molecule has 1 aromatic carbocycles. The fourth-order valence-electron chi connectivity index (χ4n) is 3.06. The van der Waals surface area contributed by atoms with E-state index in [1.54, 1.807) is 0 Å². The van der Waals surface area contributed by atoms with Crippen LogP contribution in [0.1, 0.15) is 25.3 Å². The summed E-state index contributed by atoms with van der Waals surface area (Å²) < 4.78 is 11.4. The van der Waals surface area contributed by atoms with E-state index in [-0.39, 0.29) is 17.8 Å². The van der Waals surface area contributed by atoms with E-state index in [9.17, 15) is 0 Å². The number of ether oxygens (including phenoxy) is 2. The number of nitrogens with zero attached hydrogens (tertiary/aromatic N) is 1. The summed E-state index contributed by atoms with van der Waals surface area (Å²) in [5.41, 5.74) is 7.29. The lowest BCUT2D eigenvalue weighted by atomic mass is 9.90. The first-order chi connectivity index (χ1) is 10.1. The minimum Gasteiger partial charge on any atom is -0.489 e. The lowest BCUT2D eigenvalue weighted by Gasteiger charge is -2.23. The van der Waals surface area contributed by atoms with Gasteiger partial charge in [0.2, 0.25) is 0 Å². The Hall–Kier alpha value is -0.680. The topological polar surface area (TPSA) is 47.7 Å².